The van der Waals surface area contributed by atoms with E-state index in [1.165, 1.54) is 0 Å². The third-order valence-electron chi connectivity index (χ3n) is 5.94. The molecule has 1 fully saturated rings. The van der Waals surface area contributed by atoms with E-state index in [0.717, 1.165) is 16.1 Å². The average molecular weight is 525 g/mol. The van der Waals surface area contributed by atoms with E-state index in [-0.39, 0.29) is 27.9 Å². The van der Waals surface area contributed by atoms with Gasteiger partial charge in [-0.1, -0.05) is 0 Å². The zero-order valence-corrected chi connectivity index (χ0v) is 20.3. The maximum absolute atomic E-state index is 13.1. The number of aromatic nitrogens is 3. The lowest BCUT2D eigenvalue weighted by Crippen LogP contribution is -2.51. The van der Waals surface area contributed by atoms with E-state index < -0.39 is 28.8 Å². The van der Waals surface area contributed by atoms with Gasteiger partial charge in [-0.25, -0.2) is 14.8 Å². The van der Waals surface area contributed by atoms with Gasteiger partial charge in [-0.05, 0) is 31.9 Å². The number of carbonyl (C=O) groups excluding carboxylic acids is 1. The lowest BCUT2D eigenvalue weighted by molar-refractivity contribution is -0.140. The fourth-order valence-electron chi connectivity index (χ4n) is 4.01. The monoisotopic (exact) mass is 524 g/mol. The van der Waals surface area contributed by atoms with E-state index in [1.54, 1.807) is 13.0 Å². The Morgan fingerprint density at radius 1 is 1.28 bits per heavy atom. The number of rotatable bonds is 9. The molecule has 0 aromatic carbocycles. The van der Waals surface area contributed by atoms with Gasteiger partial charge < -0.3 is 14.7 Å². The van der Waals surface area contributed by atoms with Crippen molar-refractivity contribution in [1.82, 2.24) is 14.5 Å². The first-order valence-corrected chi connectivity index (χ1v) is 12.1. The molecule has 0 spiro atoms. The van der Waals surface area contributed by atoms with Crippen molar-refractivity contribution >= 4 is 39.9 Å². The van der Waals surface area contributed by atoms with Gasteiger partial charge in [-0.2, -0.15) is 13.2 Å². The first kappa shape index (κ1) is 25.8. The number of fused-ring (bicyclic) bond motifs is 1. The van der Waals surface area contributed by atoms with Gasteiger partial charge in [-0.3, -0.25) is 14.2 Å². The first-order valence-electron chi connectivity index (χ1n) is 11.2. The number of carboxylic acid groups (broad SMARTS) is 1. The highest BCUT2D eigenvalue weighted by atomic mass is 32.1. The standard InChI is InChI=1S/C23H23F3N4O5S/c1-3-35-6-4-5-15(31)13-8-29(9-13)17-7-12(2)18-19(32)14(21(33)34)10-30(20(18)28-17)22-27-16(11-36-22)23(24,25)26/h7,10-11,13H,3-6,8-9H2,1-2H3,(H,33,34). The summed E-state index contributed by atoms with van der Waals surface area (Å²) in [5.74, 6) is -1.13. The summed E-state index contributed by atoms with van der Waals surface area (Å²) in [6, 6.07) is 1.61. The van der Waals surface area contributed by atoms with Crippen LogP contribution >= 0.6 is 11.3 Å². The average Bonchev–Trinajstić information content (AvgIpc) is 3.26. The molecule has 4 heterocycles. The molecule has 36 heavy (non-hydrogen) atoms. The van der Waals surface area contributed by atoms with Crippen molar-refractivity contribution in [2.75, 3.05) is 31.2 Å². The number of hydrogen-bond donors (Lipinski definition) is 1. The Hall–Kier alpha value is -3.32. The summed E-state index contributed by atoms with van der Waals surface area (Å²) in [6.45, 7) is 5.43. The number of hydrogen-bond acceptors (Lipinski definition) is 8. The van der Waals surface area contributed by atoms with Gasteiger partial charge in [0.2, 0.25) is 5.43 Å². The highest BCUT2D eigenvalue weighted by Gasteiger charge is 2.35. The normalized spacial score (nSPS) is 14.3. The number of ether oxygens (including phenoxy) is 1. The summed E-state index contributed by atoms with van der Waals surface area (Å²) in [4.78, 5) is 46.9. The highest BCUT2D eigenvalue weighted by Crippen LogP contribution is 2.33. The van der Waals surface area contributed by atoms with Gasteiger partial charge in [0, 0.05) is 44.3 Å². The third kappa shape index (κ3) is 4.98. The second kappa shape index (κ2) is 9.97. The maximum Gasteiger partial charge on any atom is 0.434 e. The van der Waals surface area contributed by atoms with E-state index in [0.29, 0.717) is 61.9 Å². The molecule has 1 saturated heterocycles. The van der Waals surface area contributed by atoms with E-state index in [4.69, 9.17) is 4.74 Å². The van der Waals surface area contributed by atoms with Crippen molar-refractivity contribution in [1.29, 1.82) is 0 Å². The van der Waals surface area contributed by atoms with Gasteiger partial charge >= 0.3 is 12.1 Å². The molecule has 0 atom stereocenters. The van der Waals surface area contributed by atoms with Crippen molar-refractivity contribution in [3.63, 3.8) is 0 Å². The number of carbonyl (C=O) groups is 2. The Kier molecular flexibility index (Phi) is 7.14. The highest BCUT2D eigenvalue weighted by molar-refractivity contribution is 7.12. The Bertz CT molecular complexity index is 1380. The van der Waals surface area contributed by atoms with E-state index in [9.17, 15) is 32.7 Å². The number of aryl methyl sites for hydroxylation is 1. The van der Waals surface area contributed by atoms with Crippen molar-refractivity contribution in [3.8, 4) is 5.13 Å². The molecule has 3 aromatic heterocycles. The smallest absolute Gasteiger partial charge is 0.434 e. The van der Waals surface area contributed by atoms with Gasteiger partial charge in [0.05, 0.1) is 11.3 Å². The molecule has 9 nitrogen and oxygen atoms in total. The van der Waals surface area contributed by atoms with Crippen LogP contribution in [0.3, 0.4) is 0 Å². The molecule has 3 aromatic rings. The Balaban J connectivity index is 1.70. The van der Waals surface area contributed by atoms with Crippen LogP contribution in [-0.4, -0.2) is 57.7 Å². The van der Waals surface area contributed by atoms with Crippen molar-refractivity contribution < 1.29 is 32.6 Å². The van der Waals surface area contributed by atoms with Crippen LogP contribution in [0.25, 0.3) is 16.2 Å². The van der Waals surface area contributed by atoms with Crippen LogP contribution in [0.2, 0.25) is 0 Å². The zero-order chi connectivity index (χ0) is 26.2. The minimum Gasteiger partial charge on any atom is -0.477 e. The number of alkyl halides is 3. The molecule has 1 N–H and O–H groups in total. The van der Waals surface area contributed by atoms with Crippen LogP contribution in [0.1, 0.15) is 41.4 Å². The van der Waals surface area contributed by atoms with Crippen LogP contribution in [0.5, 0.6) is 0 Å². The van der Waals surface area contributed by atoms with E-state index >= 15 is 0 Å². The van der Waals surface area contributed by atoms with Crippen molar-refractivity contribution in [3.05, 3.63) is 44.7 Å². The summed E-state index contributed by atoms with van der Waals surface area (Å²) in [7, 11) is 0. The number of nitrogens with zero attached hydrogens (tertiary/aromatic N) is 4. The van der Waals surface area contributed by atoms with Gasteiger partial charge in [0.25, 0.3) is 0 Å². The summed E-state index contributed by atoms with van der Waals surface area (Å²) in [6.07, 6.45) is -2.69. The second-order valence-electron chi connectivity index (χ2n) is 8.42. The van der Waals surface area contributed by atoms with E-state index in [2.05, 4.69) is 9.97 Å². The summed E-state index contributed by atoms with van der Waals surface area (Å²) in [5, 5.41) is 10.1. The van der Waals surface area contributed by atoms with Crippen LogP contribution in [0.15, 0.2) is 22.4 Å². The number of carboxylic acids is 1. The largest absolute Gasteiger partial charge is 0.477 e. The second-order valence-corrected chi connectivity index (χ2v) is 9.26. The fourth-order valence-corrected chi connectivity index (χ4v) is 4.82. The first-order chi connectivity index (χ1) is 17.0. The number of halogens is 3. The SMILES string of the molecule is CCOCCCC(=O)C1CN(c2cc(C)c3c(=O)c(C(=O)O)cn(-c4nc(C(F)(F)F)cs4)c3n2)C1. The van der Waals surface area contributed by atoms with Crippen LogP contribution in [0.4, 0.5) is 19.0 Å². The van der Waals surface area contributed by atoms with Gasteiger partial charge in [0.1, 0.15) is 17.2 Å². The number of aromatic carboxylic acids is 1. The maximum atomic E-state index is 13.1. The topological polar surface area (TPSA) is 115 Å². The third-order valence-corrected chi connectivity index (χ3v) is 6.78. The molecule has 0 aliphatic carbocycles. The van der Waals surface area contributed by atoms with Gasteiger partial charge in [0.15, 0.2) is 16.5 Å². The number of Topliss-reactive ketones (excluding diaryl/α,β-unsaturated/α-hetero) is 1. The minimum atomic E-state index is -4.68. The molecule has 1 aliphatic heterocycles. The lowest BCUT2D eigenvalue weighted by atomic mass is 9.92. The van der Waals surface area contributed by atoms with Crippen LogP contribution < -0.4 is 10.3 Å². The van der Waals surface area contributed by atoms with E-state index in [1.807, 2.05) is 11.8 Å². The summed E-state index contributed by atoms with van der Waals surface area (Å²) >= 11 is 0.654. The number of pyridine rings is 2. The number of anilines is 1. The molecule has 1 aliphatic rings. The molecule has 0 saturated carbocycles. The Labute approximate surface area is 207 Å². The van der Waals surface area contributed by atoms with Crippen LogP contribution in [0, 0.1) is 12.8 Å². The molecular weight excluding hydrogens is 501 g/mol. The van der Waals surface area contributed by atoms with Crippen molar-refractivity contribution in [2.24, 2.45) is 5.92 Å². The molecule has 0 amide bonds. The predicted molar refractivity (Wildman–Crippen MR) is 126 cm³/mol. The Morgan fingerprint density at radius 3 is 2.61 bits per heavy atom. The van der Waals surface area contributed by atoms with Crippen LogP contribution in [-0.2, 0) is 15.7 Å². The molecular formula is C23H23F3N4O5S. The fraction of sp³-hybridized carbons (Fsp3) is 0.435. The molecule has 4 rings (SSSR count). The quantitative estimate of drug-likeness (QED) is 0.422. The van der Waals surface area contributed by atoms with Gasteiger partial charge in [-0.15, -0.1) is 11.3 Å². The molecule has 192 valence electrons. The molecule has 0 unspecified atom stereocenters. The molecule has 13 heteroatoms. The summed E-state index contributed by atoms with van der Waals surface area (Å²) in [5.41, 5.74) is -2.12. The Morgan fingerprint density at radius 2 is 2.00 bits per heavy atom. The number of thiazole rings is 1. The summed E-state index contributed by atoms with van der Waals surface area (Å²) < 4.78 is 45.8. The van der Waals surface area contributed by atoms with Crippen molar-refractivity contribution in [2.45, 2.75) is 32.9 Å². The molecule has 0 radical (unpaired) electrons. The zero-order valence-electron chi connectivity index (χ0n) is 19.5. The minimum absolute atomic E-state index is 0.00503. The predicted octanol–water partition coefficient (Wildman–Crippen LogP) is 3.69. The molecule has 0 bridgehead atoms. The lowest BCUT2D eigenvalue weighted by Gasteiger charge is -2.39. The number of ketones is 1.